The van der Waals surface area contributed by atoms with Crippen LogP contribution in [0.3, 0.4) is 0 Å². The predicted octanol–water partition coefficient (Wildman–Crippen LogP) is 4.19. The van der Waals surface area contributed by atoms with Crippen molar-refractivity contribution in [3.05, 3.63) is 65.7 Å². The van der Waals surface area contributed by atoms with Crippen LogP contribution in [0.1, 0.15) is 25.0 Å². The Hall–Kier alpha value is -2.31. The average molecular weight is 388 g/mol. The van der Waals surface area contributed by atoms with E-state index >= 15 is 0 Å². The van der Waals surface area contributed by atoms with Gasteiger partial charge in [-0.15, -0.1) is 11.8 Å². The molecule has 144 valence electrons. The number of carboxylic acids is 1. The van der Waals surface area contributed by atoms with Gasteiger partial charge in [0.2, 0.25) is 5.91 Å². The Labute approximate surface area is 164 Å². The molecule has 2 rings (SSSR count). The van der Waals surface area contributed by atoms with Gasteiger partial charge in [0, 0.05) is 11.4 Å². The molecule has 2 aromatic carbocycles. The number of hydrogen-bond donors (Lipinski definition) is 2. The lowest BCUT2D eigenvalue weighted by atomic mass is 9.93. The zero-order chi connectivity index (χ0) is 19.7. The first-order valence-electron chi connectivity index (χ1n) is 8.68. The van der Waals surface area contributed by atoms with Gasteiger partial charge >= 0.3 is 5.97 Å². The largest absolute Gasteiger partial charge is 0.481 e. The highest BCUT2D eigenvalue weighted by molar-refractivity contribution is 7.99. The van der Waals surface area contributed by atoms with Crippen LogP contribution in [-0.4, -0.2) is 29.3 Å². The predicted molar refractivity (Wildman–Crippen MR) is 109 cm³/mol. The lowest BCUT2D eigenvalue weighted by molar-refractivity contribution is -0.134. The molecular weight excluding hydrogens is 362 g/mol. The first-order chi connectivity index (χ1) is 12.9. The van der Waals surface area contributed by atoms with Crippen LogP contribution in [0.15, 0.2) is 54.6 Å². The van der Waals surface area contributed by atoms with E-state index in [9.17, 15) is 9.59 Å². The number of carboxylic acid groups (broad SMARTS) is 1. The van der Waals surface area contributed by atoms with E-state index in [1.54, 1.807) is 0 Å². The van der Waals surface area contributed by atoms with E-state index in [1.807, 2.05) is 68.4 Å². The summed E-state index contributed by atoms with van der Waals surface area (Å²) in [6, 6.07) is 17.3. The fraction of sp³-hybridized carbons (Fsp3) is 0.333. The Balaban J connectivity index is 1.86. The summed E-state index contributed by atoms with van der Waals surface area (Å²) in [6.45, 7) is 4.47. The second kappa shape index (κ2) is 10.1. The molecule has 2 aromatic rings. The van der Waals surface area contributed by atoms with Gasteiger partial charge in [0.15, 0.2) is 0 Å². The topological polar surface area (TPSA) is 75.6 Å². The molecule has 0 saturated heterocycles. The van der Waals surface area contributed by atoms with E-state index in [-0.39, 0.29) is 11.7 Å². The van der Waals surface area contributed by atoms with Gasteiger partial charge in [-0.25, -0.2) is 0 Å². The van der Waals surface area contributed by atoms with Gasteiger partial charge in [0.05, 0.1) is 24.4 Å². The van der Waals surface area contributed by atoms with E-state index in [1.165, 1.54) is 11.8 Å². The molecule has 0 radical (unpaired) electrons. The van der Waals surface area contributed by atoms with Crippen LogP contribution >= 0.6 is 11.8 Å². The van der Waals surface area contributed by atoms with Crippen molar-refractivity contribution in [1.29, 1.82) is 0 Å². The number of hydrogen-bond acceptors (Lipinski definition) is 4. The summed E-state index contributed by atoms with van der Waals surface area (Å²) in [4.78, 5) is 23.2. The molecule has 0 aromatic heterocycles. The maximum absolute atomic E-state index is 12.6. The standard InChI is InChI=1S/C21H25NO4S/c1-21(2,15-26-12-16-7-4-3-5-8-16)20(25)22-18-10-6-9-17(11-18)13-27-14-19(23)24/h3-11H,12-15H2,1-2H3,(H,22,25)(H,23,24). The summed E-state index contributed by atoms with van der Waals surface area (Å²) in [5, 5.41) is 11.6. The maximum Gasteiger partial charge on any atom is 0.313 e. The third kappa shape index (κ3) is 7.45. The maximum atomic E-state index is 12.6. The van der Waals surface area contributed by atoms with Crippen LogP contribution in [-0.2, 0) is 26.7 Å². The van der Waals surface area contributed by atoms with Crippen molar-refractivity contribution in [3.8, 4) is 0 Å². The summed E-state index contributed by atoms with van der Waals surface area (Å²) in [7, 11) is 0. The average Bonchev–Trinajstić information content (AvgIpc) is 2.62. The number of amides is 1. The van der Waals surface area contributed by atoms with Crippen LogP contribution in [0.5, 0.6) is 0 Å². The summed E-state index contributed by atoms with van der Waals surface area (Å²) in [6.07, 6.45) is 0. The number of benzene rings is 2. The van der Waals surface area contributed by atoms with Crippen molar-refractivity contribution in [2.24, 2.45) is 5.41 Å². The molecule has 6 heteroatoms. The molecule has 0 fully saturated rings. The molecular formula is C21H25NO4S. The Morgan fingerprint density at radius 3 is 2.48 bits per heavy atom. The number of rotatable bonds is 10. The van der Waals surface area contributed by atoms with Crippen molar-refractivity contribution in [2.45, 2.75) is 26.2 Å². The minimum atomic E-state index is -0.832. The number of ether oxygens (including phenoxy) is 1. The Kier molecular flexibility index (Phi) is 7.88. The molecule has 0 bridgehead atoms. The van der Waals surface area contributed by atoms with Crippen molar-refractivity contribution >= 4 is 29.3 Å². The Morgan fingerprint density at radius 2 is 1.78 bits per heavy atom. The highest BCUT2D eigenvalue weighted by Crippen LogP contribution is 2.22. The number of nitrogens with one attached hydrogen (secondary N) is 1. The van der Waals surface area contributed by atoms with E-state index in [0.717, 1.165) is 11.1 Å². The van der Waals surface area contributed by atoms with Crippen molar-refractivity contribution in [2.75, 3.05) is 17.7 Å². The van der Waals surface area contributed by atoms with Crippen LogP contribution in [0, 0.1) is 5.41 Å². The lowest BCUT2D eigenvalue weighted by Gasteiger charge is -2.23. The van der Waals surface area contributed by atoms with E-state index in [2.05, 4.69) is 5.32 Å². The van der Waals surface area contributed by atoms with Crippen molar-refractivity contribution in [3.63, 3.8) is 0 Å². The van der Waals surface area contributed by atoms with E-state index in [0.29, 0.717) is 24.7 Å². The molecule has 0 aliphatic rings. The Bertz CT molecular complexity index is 762. The monoisotopic (exact) mass is 387 g/mol. The molecule has 27 heavy (non-hydrogen) atoms. The molecule has 0 spiro atoms. The van der Waals surface area contributed by atoms with Gasteiger partial charge < -0.3 is 15.2 Å². The first-order valence-corrected chi connectivity index (χ1v) is 9.84. The smallest absolute Gasteiger partial charge is 0.313 e. The molecule has 0 atom stereocenters. The van der Waals surface area contributed by atoms with Gasteiger partial charge in [0.25, 0.3) is 0 Å². The van der Waals surface area contributed by atoms with Crippen LogP contribution in [0.2, 0.25) is 0 Å². The highest BCUT2D eigenvalue weighted by Gasteiger charge is 2.28. The van der Waals surface area contributed by atoms with E-state index in [4.69, 9.17) is 9.84 Å². The van der Waals surface area contributed by atoms with Gasteiger partial charge in [-0.2, -0.15) is 0 Å². The fourth-order valence-electron chi connectivity index (χ4n) is 2.36. The van der Waals surface area contributed by atoms with Gasteiger partial charge in [-0.05, 0) is 37.1 Å². The second-order valence-corrected chi connectivity index (χ2v) is 7.89. The van der Waals surface area contributed by atoms with Crippen LogP contribution < -0.4 is 5.32 Å². The fourth-order valence-corrected chi connectivity index (χ4v) is 3.05. The minimum absolute atomic E-state index is 0.0579. The third-order valence-electron chi connectivity index (χ3n) is 3.87. The SMILES string of the molecule is CC(C)(COCc1ccccc1)C(=O)Nc1cccc(CSCC(=O)O)c1. The molecule has 0 saturated carbocycles. The molecule has 5 nitrogen and oxygen atoms in total. The van der Waals surface area contributed by atoms with Gasteiger partial charge in [-0.3, -0.25) is 9.59 Å². The summed E-state index contributed by atoms with van der Waals surface area (Å²) >= 11 is 1.32. The Morgan fingerprint density at radius 1 is 1.07 bits per heavy atom. The molecule has 0 unspecified atom stereocenters. The van der Waals surface area contributed by atoms with Gasteiger partial charge in [-0.1, -0.05) is 42.5 Å². The summed E-state index contributed by atoms with van der Waals surface area (Å²) in [5.41, 5.74) is 2.06. The third-order valence-corrected chi connectivity index (χ3v) is 4.86. The molecule has 1 amide bonds. The summed E-state index contributed by atoms with van der Waals surface area (Å²) in [5.74, 6) is -0.310. The van der Waals surface area contributed by atoms with Crippen molar-refractivity contribution in [1.82, 2.24) is 0 Å². The van der Waals surface area contributed by atoms with Gasteiger partial charge in [0.1, 0.15) is 0 Å². The number of thioether (sulfide) groups is 1. The number of anilines is 1. The van der Waals surface area contributed by atoms with E-state index < -0.39 is 11.4 Å². The quantitative estimate of drug-likeness (QED) is 0.639. The van der Waals surface area contributed by atoms with Crippen LogP contribution in [0.25, 0.3) is 0 Å². The number of aliphatic carboxylic acids is 1. The van der Waals surface area contributed by atoms with Crippen LogP contribution in [0.4, 0.5) is 5.69 Å². The highest BCUT2D eigenvalue weighted by atomic mass is 32.2. The summed E-state index contributed by atoms with van der Waals surface area (Å²) < 4.78 is 5.72. The first kappa shape index (κ1) is 21.0. The second-order valence-electron chi connectivity index (χ2n) is 6.90. The lowest BCUT2D eigenvalue weighted by Crippen LogP contribution is -2.35. The zero-order valence-electron chi connectivity index (χ0n) is 15.6. The minimum Gasteiger partial charge on any atom is -0.481 e. The van der Waals surface area contributed by atoms with Crippen molar-refractivity contribution < 1.29 is 19.4 Å². The molecule has 0 heterocycles. The number of carbonyl (C=O) groups is 2. The number of carbonyl (C=O) groups excluding carboxylic acids is 1. The normalized spacial score (nSPS) is 11.2. The molecule has 0 aliphatic carbocycles. The zero-order valence-corrected chi connectivity index (χ0v) is 16.4. The molecule has 2 N–H and O–H groups in total. The molecule has 0 aliphatic heterocycles.